The number of benzene rings is 1. The molecule has 0 aliphatic heterocycles. The van der Waals surface area contributed by atoms with Crippen LogP contribution in [-0.4, -0.2) is 4.98 Å². The molecule has 1 heterocycles. The maximum absolute atomic E-state index is 5.81. The molecule has 4 heteroatoms. The molecule has 88 valence electrons. The summed E-state index contributed by atoms with van der Waals surface area (Å²) in [6.45, 7) is 2.31. The second-order valence-corrected chi connectivity index (χ2v) is 4.13. The van der Waals surface area contributed by atoms with Crippen LogP contribution in [0, 0.1) is 6.92 Å². The lowest BCUT2D eigenvalue weighted by atomic mass is 10.2. The van der Waals surface area contributed by atoms with Gasteiger partial charge in [-0.2, -0.15) is 0 Å². The Bertz CT molecular complexity index is 511. The van der Waals surface area contributed by atoms with Crippen LogP contribution in [0.1, 0.15) is 11.3 Å². The highest BCUT2D eigenvalue weighted by Crippen LogP contribution is 2.26. The smallest absolute Gasteiger partial charge is 0.135 e. The average Bonchev–Trinajstić information content (AvgIpc) is 2.32. The fourth-order valence-electron chi connectivity index (χ4n) is 1.44. The van der Waals surface area contributed by atoms with Crippen molar-refractivity contribution >= 4 is 11.6 Å². The molecular weight excluding hydrogens is 236 g/mol. The summed E-state index contributed by atoms with van der Waals surface area (Å²) >= 11 is 5.81. The van der Waals surface area contributed by atoms with Gasteiger partial charge in [-0.15, -0.1) is 0 Å². The van der Waals surface area contributed by atoms with Gasteiger partial charge >= 0.3 is 0 Å². The van der Waals surface area contributed by atoms with Crippen LogP contribution < -0.4 is 10.5 Å². The number of pyridine rings is 1. The van der Waals surface area contributed by atoms with Gasteiger partial charge < -0.3 is 10.5 Å². The molecule has 0 unspecified atom stereocenters. The van der Waals surface area contributed by atoms with E-state index in [-0.39, 0.29) is 0 Å². The molecule has 17 heavy (non-hydrogen) atoms. The summed E-state index contributed by atoms with van der Waals surface area (Å²) in [4.78, 5) is 4.19. The van der Waals surface area contributed by atoms with Gasteiger partial charge in [0.15, 0.2) is 0 Å². The fraction of sp³-hybridized carbons (Fsp3) is 0.154. The lowest BCUT2D eigenvalue weighted by Gasteiger charge is -2.10. The fourth-order valence-corrected chi connectivity index (χ4v) is 1.57. The summed E-state index contributed by atoms with van der Waals surface area (Å²) in [5, 5.41) is 0.683. The Kier molecular flexibility index (Phi) is 3.61. The first-order valence-corrected chi connectivity index (χ1v) is 5.66. The van der Waals surface area contributed by atoms with Crippen LogP contribution in [-0.2, 0) is 6.54 Å². The van der Waals surface area contributed by atoms with E-state index in [1.165, 1.54) is 0 Å². The molecule has 0 aliphatic rings. The van der Waals surface area contributed by atoms with E-state index in [9.17, 15) is 0 Å². The maximum Gasteiger partial charge on any atom is 0.135 e. The molecule has 2 aromatic rings. The second-order valence-electron chi connectivity index (χ2n) is 3.69. The standard InChI is InChI=1S/C13H13ClN2O/c1-9-6-13(10(7-15)8-16-9)17-12-4-2-11(14)3-5-12/h2-6,8H,7,15H2,1H3. The predicted molar refractivity (Wildman–Crippen MR) is 68.4 cm³/mol. The van der Waals surface area contributed by atoms with Gasteiger partial charge in [0, 0.05) is 35.1 Å². The molecule has 0 bridgehead atoms. The van der Waals surface area contributed by atoms with Crippen molar-refractivity contribution in [1.82, 2.24) is 4.98 Å². The van der Waals surface area contributed by atoms with Crippen molar-refractivity contribution in [3.05, 3.63) is 52.8 Å². The number of hydrogen-bond acceptors (Lipinski definition) is 3. The quantitative estimate of drug-likeness (QED) is 0.907. The van der Waals surface area contributed by atoms with Gasteiger partial charge in [0.2, 0.25) is 0 Å². The van der Waals surface area contributed by atoms with E-state index in [4.69, 9.17) is 22.1 Å². The zero-order valence-electron chi connectivity index (χ0n) is 9.48. The topological polar surface area (TPSA) is 48.1 Å². The van der Waals surface area contributed by atoms with E-state index in [0.717, 1.165) is 22.8 Å². The van der Waals surface area contributed by atoms with Gasteiger partial charge in [0.25, 0.3) is 0 Å². The van der Waals surface area contributed by atoms with E-state index in [1.807, 2.05) is 25.1 Å². The first-order chi connectivity index (χ1) is 8.19. The molecule has 0 fully saturated rings. The predicted octanol–water partition coefficient (Wildman–Crippen LogP) is 3.29. The molecule has 0 amide bonds. The zero-order valence-corrected chi connectivity index (χ0v) is 10.2. The minimum absolute atomic E-state index is 0.399. The minimum atomic E-state index is 0.399. The van der Waals surface area contributed by atoms with Crippen LogP contribution in [0.15, 0.2) is 36.5 Å². The van der Waals surface area contributed by atoms with Crippen molar-refractivity contribution in [1.29, 1.82) is 0 Å². The van der Waals surface area contributed by atoms with Crippen molar-refractivity contribution in [2.45, 2.75) is 13.5 Å². The minimum Gasteiger partial charge on any atom is -0.457 e. The van der Waals surface area contributed by atoms with Crippen LogP contribution in [0.2, 0.25) is 5.02 Å². The van der Waals surface area contributed by atoms with Gasteiger partial charge in [-0.1, -0.05) is 11.6 Å². The third-order valence-electron chi connectivity index (χ3n) is 2.34. The Labute approximate surface area is 105 Å². The van der Waals surface area contributed by atoms with E-state index in [0.29, 0.717) is 11.6 Å². The number of aromatic nitrogens is 1. The van der Waals surface area contributed by atoms with Crippen LogP contribution in [0.25, 0.3) is 0 Å². The molecule has 0 saturated heterocycles. The van der Waals surface area contributed by atoms with E-state index < -0.39 is 0 Å². The summed E-state index contributed by atoms with van der Waals surface area (Å²) in [7, 11) is 0. The summed E-state index contributed by atoms with van der Waals surface area (Å²) in [6, 6.07) is 9.08. The molecule has 3 nitrogen and oxygen atoms in total. The van der Waals surface area contributed by atoms with Gasteiger partial charge in [0.1, 0.15) is 11.5 Å². The summed E-state index contributed by atoms with van der Waals surface area (Å²) in [5.41, 5.74) is 7.41. The monoisotopic (exact) mass is 248 g/mol. The molecular formula is C13H13ClN2O. The number of nitrogens with zero attached hydrogens (tertiary/aromatic N) is 1. The van der Waals surface area contributed by atoms with Crippen LogP contribution in [0.3, 0.4) is 0 Å². The highest BCUT2D eigenvalue weighted by atomic mass is 35.5. The van der Waals surface area contributed by atoms with Crippen LogP contribution in [0.5, 0.6) is 11.5 Å². The van der Waals surface area contributed by atoms with Crippen molar-refractivity contribution < 1.29 is 4.74 Å². The second kappa shape index (κ2) is 5.17. The van der Waals surface area contributed by atoms with Gasteiger partial charge in [-0.25, -0.2) is 0 Å². The Morgan fingerprint density at radius 1 is 1.29 bits per heavy atom. The van der Waals surface area contributed by atoms with Crippen molar-refractivity contribution in [2.75, 3.05) is 0 Å². The van der Waals surface area contributed by atoms with Crippen LogP contribution in [0.4, 0.5) is 0 Å². The lowest BCUT2D eigenvalue weighted by Crippen LogP contribution is -2.01. The number of aryl methyl sites for hydroxylation is 1. The number of nitrogens with two attached hydrogens (primary N) is 1. The number of ether oxygens (including phenoxy) is 1. The molecule has 0 aliphatic carbocycles. The maximum atomic E-state index is 5.81. The Morgan fingerprint density at radius 2 is 2.00 bits per heavy atom. The third kappa shape index (κ3) is 2.96. The molecule has 0 radical (unpaired) electrons. The highest BCUT2D eigenvalue weighted by molar-refractivity contribution is 6.30. The van der Waals surface area contributed by atoms with E-state index in [1.54, 1.807) is 18.3 Å². The van der Waals surface area contributed by atoms with Gasteiger partial charge in [-0.3, -0.25) is 4.98 Å². The first kappa shape index (κ1) is 11.9. The van der Waals surface area contributed by atoms with Gasteiger partial charge in [-0.05, 0) is 31.2 Å². The molecule has 1 aromatic carbocycles. The average molecular weight is 249 g/mol. The third-order valence-corrected chi connectivity index (χ3v) is 2.59. The normalized spacial score (nSPS) is 10.3. The molecule has 0 atom stereocenters. The molecule has 2 N–H and O–H groups in total. The molecule has 0 spiro atoms. The van der Waals surface area contributed by atoms with Gasteiger partial charge in [0.05, 0.1) is 0 Å². The SMILES string of the molecule is Cc1cc(Oc2ccc(Cl)cc2)c(CN)cn1. The van der Waals surface area contributed by atoms with Crippen molar-refractivity contribution in [3.63, 3.8) is 0 Å². The lowest BCUT2D eigenvalue weighted by molar-refractivity contribution is 0.475. The number of hydrogen-bond donors (Lipinski definition) is 1. The van der Waals surface area contributed by atoms with Crippen molar-refractivity contribution in [2.24, 2.45) is 5.73 Å². The first-order valence-electron chi connectivity index (χ1n) is 5.28. The van der Waals surface area contributed by atoms with E-state index >= 15 is 0 Å². The Morgan fingerprint density at radius 3 is 2.65 bits per heavy atom. The summed E-state index contributed by atoms with van der Waals surface area (Å²) in [6.07, 6.45) is 1.74. The largest absolute Gasteiger partial charge is 0.457 e. The number of halogens is 1. The van der Waals surface area contributed by atoms with Crippen LogP contribution >= 0.6 is 11.6 Å². The summed E-state index contributed by atoms with van der Waals surface area (Å²) < 4.78 is 5.76. The van der Waals surface area contributed by atoms with Crippen molar-refractivity contribution in [3.8, 4) is 11.5 Å². The molecule has 0 saturated carbocycles. The summed E-state index contributed by atoms with van der Waals surface area (Å²) in [5.74, 6) is 1.47. The zero-order chi connectivity index (χ0) is 12.3. The number of rotatable bonds is 3. The molecule has 2 rings (SSSR count). The van der Waals surface area contributed by atoms with E-state index in [2.05, 4.69) is 4.98 Å². The molecule has 1 aromatic heterocycles. The Hall–Kier alpha value is -1.58. The Balaban J connectivity index is 2.28. The highest BCUT2D eigenvalue weighted by Gasteiger charge is 2.05.